The number of carboxylic acid groups (broad SMARTS) is 1. The van der Waals surface area contributed by atoms with Gasteiger partial charge in [-0.05, 0) is 38.3 Å². The molecule has 0 bridgehead atoms. The molecule has 36 heavy (non-hydrogen) atoms. The van der Waals surface area contributed by atoms with Crippen molar-refractivity contribution in [3.63, 3.8) is 0 Å². The Labute approximate surface area is 225 Å². The van der Waals surface area contributed by atoms with E-state index in [1.165, 1.54) is 135 Å². The number of unbranched alkanes of at least 4 members (excludes halogenated alkanes) is 15. The van der Waals surface area contributed by atoms with E-state index in [-0.39, 0.29) is 5.54 Å². The maximum atomic E-state index is 10.3. The third-order valence-corrected chi connectivity index (χ3v) is 7.38. The van der Waals surface area contributed by atoms with Crippen molar-refractivity contribution < 1.29 is 9.90 Å². The standard InChI is InChI=1S/C25H53N.C8H8O2/c1-4-7-10-13-16-19-22-25(26,23-20-17-14-11-8-5-2)24-21-18-15-12-9-6-3;1-6-2-4-7(5-3-6)8(9)10/h4-24,26H2,1-3H3;2-5H,1H3,(H,9,10). The molecule has 3 nitrogen and oxygen atoms in total. The molecule has 0 aromatic heterocycles. The van der Waals surface area contributed by atoms with Crippen LogP contribution in [0.5, 0.6) is 0 Å². The second-order valence-electron chi connectivity index (χ2n) is 11.1. The molecule has 1 rings (SSSR count). The minimum atomic E-state index is -0.875. The summed E-state index contributed by atoms with van der Waals surface area (Å²) in [7, 11) is 0. The molecule has 0 unspecified atom stereocenters. The summed E-state index contributed by atoms with van der Waals surface area (Å²) in [4.78, 5) is 10.3. The maximum Gasteiger partial charge on any atom is 0.335 e. The summed E-state index contributed by atoms with van der Waals surface area (Å²) in [6, 6.07) is 6.75. The van der Waals surface area contributed by atoms with Crippen molar-refractivity contribution in [2.75, 3.05) is 0 Å². The average molecular weight is 504 g/mol. The van der Waals surface area contributed by atoms with Gasteiger partial charge in [-0.15, -0.1) is 0 Å². The van der Waals surface area contributed by atoms with E-state index in [9.17, 15) is 4.79 Å². The van der Waals surface area contributed by atoms with Crippen molar-refractivity contribution in [1.82, 2.24) is 0 Å². The van der Waals surface area contributed by atoms with Crippen molar-refractivity contribution in [2.45, 2.75) is 168 Å². The molecule has 0 amide bonds. The molecule has 0 radical (unpaired) electrons. The molecule has 1 aromatic rings. The van der Waals surface area contributed by atoms with Gasteiger partial charge in [0.1, 0.15) is 0 Å². The number of nitrogens with two attached hydrogens (primary N) is 1. The van der Waals surface area contributed by atoms with E-state index in [0.29, 0.717) is 5.56 Å². The Morgan fingerprint density at radius 1 is 0.611 bits per heavy atom. The Hall–Kier alpha value is -1.35. The quantitative estimate of drug-likeness (QED) is 0.155. The Bertz CT molecular complexity index is 570. The van der Waals surface area contributed by atoms with Crippen molar-refractivity contribution in [1.29, 1.82) is 0 Å². The first kappa shape index (κ1) is 34.6. The third kappa shape index (κ3) is 20.8. The summed E-state index contributed by atoms with van der Waals surface area (Å²) in [6.45, 7) is 8.81. The molecule has 3 N–H and O–H groups in total. The Morgan fingerprint density at radius 2 is 0.917 bits per heavy atom. The summed E-state index contributed by atoms with van der Waals surface area (Å²) < 4.78 is 0. The smallest absolute Gasteiger partial charge is 0.335 e. The first-order valence-electron chi connectivity index (χ1n) is 15.5. The second kappa shape index (κ2) is 24.0. The summed E-state index contributed by atoms with van der Waals surface area (Å²) in [5.74, 6) is -0.875. The van der Waals surface area contributed by atoms with E-state index < -0.39 is 5.97 Å². The van der Waals surface area contributed by atoms with E-state index >= 15 is 0 Å². The van der Waals surface area contributed by atoms with Crippen molar-refractivity contribution in [2.24, 2.45) is 5.73 Å². The molecule has 0 aliphatic rings. The van der Waals surface area contributed by atoms with Crippen molar-refractivity contribution in [3.05, 3.63) is 35.4 Å². The number of hydrogen-bond acceptors (Lipinski definition) is 2. The predicted molar refractivity (Wildman–Crippen MR) is 159 cm³/mol. The first-order chi connectivity index (χ1) is 17.4. The maximum absolute atomic E-state index is 10.3. The fourth-order valence-electron chi connectivity index (χ4n) is 4.84. The van der Waals surface area contributed by atoms with Crippen LogP contribution >= 0.6 is 0 Å². The summed E-state index contributed by atoms with van der Waals surface area (Å²) in [5, 5.41) is 8.48. The zero-order valence-corrected chi connectivity index (χ0v) is 24.6. The summed E-state index contributed by atoms with van der Waals surface area (Å²) in [5.41, 5.74) is 8.47. The highest BCUT2D eigenvalue weighted by atomic mass is 16.4. The van der Waals surface area contributed by atoms with Crippen LogP contribution in [0.15, 0.2) is 24.3 Å². The van der Waals surface area contributed by atoms with E-state index in [2.05, 4.69) is 20.8 Å². The molecule has 1 aromatic carbocycles. The number of aromatic carboxylic acids is 1. The van der Waals surface area contributed by atoms with Crippen molar-refractivity contribution >= 4 is 5.97 Å². The molecule has 3 heteroatoms. The van der Waals surface area contributed by atoms with Gasteiger partial charge in [0.15, 0.2) is 0 Å². The molecule has 0 aliphatic heterocycles. The van der Waals surface area contributed by atoms with E-state index in [0.717, 1.165) is 5.56 Å². The van der Waals surface area contributed by atoms with Gasteiger partial charge in [0.2, 0.25) is 0 Å². The van der Waals surface area contributed by atoms with Gasteiger partial charge < -0.3 is 10.8 Å². The van der Waals surface area contributed by atoms with Crippen LogP contribution in [0, 0.1) is 6.92 Å². The van der Waals surface area contributed by atoms with Crippen LogP contribution in [0.2, 0.25) is 0 Å². The SMILES string of the molecule is CCCCCCCCC(N)(CCCCCCCC)CCCCCCCC.Cc1ccc(C(=O)O)cc1. The molecule has 0 saturated carbocycles. The van der Waals surface area contributed by atoms with E-state index in [4.69, 9.17) is 10.8 Å². The molecule has 0 heterocycles. The monoisotopic (exact) mass is 503 g/mol. The lowest BCUT2D eigenvalue weighted by atomic mass is 9.82. The average Bonchev–Trinajstić information content (AvgIpc) is 2.86. The van der Waals surface area contributed by atoms with Crippen LogP contribution in [0.25, 0.3) is 0 Å². The number of hydrogen-bond donors (Lipinski definition) is 2. The van der Waals surface area contributed by atoms with Gasteiger partial charge in [-0.25, -0.2) is 4.79 Å². The highest BCUT2D eigenvalue weighted by molar-refractivity contribution is 5.87. The lowest BCUT2D eigenvalue weighted by Gasteiger charge is -2.30. The van der Waals surface area contributed by atoms with E-state index in [1.807, 2.05) is 6.92 Å². The molecule has 0 saturated heterocycles. The second-order valence-corrected chi connectivity index (χ2v) is 11.1. The lowest BCUT2D eigenvalue weighted by Crippen LogP contribution is -2.39. The van der Waals surface area contributed by atoms with Crippen LogP contribution in [0.3, 0.4) is 0 Å². The Morgan fingerprint density at radius 3 is 1.22 bits per heavy atom. The van der Waals surface area contributed by atoms with Crippen LogP contribution in [-0.4, -0.2) is 16.6 Å². The molecular weight excluding hydrogens is 442 g/mol. The highest BCUT2D eigenvalue weighted by Gasteiger charge is 2.23. The van der Waals surface area contributed by atoms with Crippen molar-refractivity contribution in [3.8, 4) is 0 Å². The fourth-order valence-corrected chi connectivity index (χ4v) is 4.84. The summed E-state index contributed by atoms with van der Waals surface area (Å²) >= 11 is 0. The molecule has 0 atom stereocenters. The first-order valence-corrected chi connectivity index (χ1v) is 15.5. The minimum absolute atomic E-state index is 0.139. The zero-order valence-electron chi connectivity index (χ0n) is 24.6. The molecule has 0 fully saturated rings. The lowest BCUT2D eigenvalue weighted by molar-refractivity contribution is 0.0697. The number of carbonyl (C=O) groups is 1. The number of rotatable bonds is 22. The topological polar surface area (TPSA) is 63.3 Å². The third-order valence-electron chi connectivity index (χ3n) is 7.38. The molecule has 0 spiro atoms. The Kier molecular flexibility index (Phi) is 23.1. The molecule has 210 valence electrons. The fraction of sp³-hybridized carbons (Fsp3) is 0.788. The number of benzene rings is 1. The zero-order chi connectivity index (χ0) is 26.9. The van der Waals surface area contributed by atoms with Gasteiger partial charge in [-0.1, -0.05) is 154 Å². The summed E-state index contributed by atoms with van der Waals surface area (Å²) in [6.07, 6.45) is 28.8. The molecule has 0 aliphatic carbocycles. The van der Waals surface area contributed by atoms with Crippen LogP contribution in [0.4, 0.5) is 0 Å². The largest absolute Gasteiger partial charge is 0.478 e. The minimum Gasteiger partial charge on any atom is -0.478 e. The predicted octanol–water partition coefficient (Wildman–Crippen LogP) is 10.6. The van der Waals surface area contributed by atoms with Crippen LogP contribution in [0.1, 0.15) is 172 Å². The van der Waals surface area contributed by atoms with Gasteiger partial charge in [-0.3, -0.25) is 0 Å². The van der Waals surface area contributed by atoms with E-state index in [1.54, 1.807) is 24.3 Å². The highest BCUT2D eigenvalue weighted by Crippen LogP contribution is 2.27. The number of carboxylic acids is 1. The van der Waals surface area contributed by atoms with Crippen LogP contribution in [-0.2, 0) is 0 Å². The van der Waals surface area contributed by atoms with Crippen LogP contribution < -0.4 is 5.73 Å². The van der Waals surface area contributed by atoms with Gasteiger partial charge in [0.25, 0.3) is 0 Å². The number of aryl methyl sites for hydroxylation is 1. The normalized spacial score (nSPS) is 11.2. The molecular formula is C33H61NO2. The Balaban J connectivity index is 0.00000101. The van der Waals surface area contributed by atoms with Gasteiger partial charge in [-0.2, -0.15) is 0 Å². The van der Waals surface area contributed by atoms with Gasteiger partial charge in [0, 0.05) is 5.54 Å². The van der Waals surface area contributed by atoms with Gasteiger partial charge in [0.05, 0.1) is 5.56 Å². The van der Waals surface area contributed by atoms with Gasteiger partial charge >= 0.3 is 5.97 Å².